The third kappa shape index (κ3) is 4.31. The molecule has 1 aliphatic heterocycles. The SMILES string of the molecule is O=C1c2cccc(-n3c4ccccc4c4cccc(-c5ccccc5)c43)c2C(=O)N1c1cc(-c2ccccc2)cc(-c2ccccc2)c1. The quantitative estimate of drug-likeness (QED) is 0.181. The highest BCUT2D eigenvalue weighted by atomic mass is 16.2. The monoisotopic (exact) mass is 616 g/mol. The molecule has 0 aliphatic carbocycles. The lowest BCUT2D eigenvalue weighted by molar-refractivity contribution is 0.0926. The second-order valence-electron chi connectivity index (χ2n) is 12.1. The van der Waals surface area contributed by atoms with E-state index in [1.807, 2.05) is 115 Å². The zero-order valence-corrected chi connectivity index (χ0v) is 25.9. The van der Waals surface area contributed by atoms with Gasteiger partial charge in [-0.05, 0) is 64.2 Å². The van der Waals surface area contributed by atoms with Crippen molar-refractivity contribution in [1.82, 2.24) is 4.57 Å². The van der Waals surface area contributed by atoms with E-state index in [0.717, 1.165) is 55.2 Å². The van der Waals surface area contributed by atoms with Crippen molar-refractivity contribution >= 4 is 39.3 Å². The van der Waals surface area contributed by atoms with Crippen molar-refractivity contribution in [3.63, 3.8) is 0 Å². The largest absolute Gasteiger partial charge is 0.308 e. The maximum atomic E-state index is 14.7. The van der Waals surface area contributed by atoms with Crippen LogP contribution in [0.4, 0.5) is 5.69 Å². The van der Waals surface area contributed by atoms with Gasteiger partial charge in [0.2, 0.25) is 0 Å². The summed E-state index contributed by atoms with van der Waals surface area (Å²) < 4.78 is 2.16. The predicted octanol–water partition coefficient (Wildman–Crippen LogP) is 10.6. The standard InChI is InChI=1S/C44H28N2O2/c47-43-38-23-13-25-40(46-39-24-11-10-20-36(39)37-22-12-21-35(42(37)46)31-18-8-3-9-19-31)41(38)44(48)45(43)34-27-32(29-14-4-1-5-15-29)26-33(28-34)30-16-6-2-7-17-30/h1-28H. The third-order valence-corrected chi connectivity index (χ3v) is 9.30. The van der Waals surface area contributed by atoms with Gasteiger partial charge in [-0.25, -0.2) is 4.90 Å². The molecule has 2 heterocycles. The van der Waals surface area contributed by atoms with Crippen LogP contribution in [0.3, 0.4) is 0 Å². The first-order valence-electron chi connectivity index (χ1n) is 16.0. The number of aromatic nitrogens is 1. The number of imide groups is 1. The molecule has 0 unspecified atom stereocenters. The first kappa shape index (κ1) is 27.8. The minimum absolute atomic E-state index is 0.329. The number of hydrogen-bond acceptors (Lipinski definition) is 2. The van der Waals surface area contributed by atoms with Crippen LogP contribution in [-0.4, -0.2) is 16.4 Å². The molecule has 0 N–H and O–H groups in total. The van der Waals surface area contributed by atoms with Crippen molar-refractivity contribution in [2.75, 3.05) is 4.90 Å². The number of carbonyl (C=O) groups excluding carboxylic acids is 2. The summed E-state index contributed by atoms with van der Waals surface area (Å²) in [6.45, 7) is 0. The molecule has 0 fully saturated rings. The molecule has 0 saturated carbocycles. The van der Waals surface area contributed by atoms with Crippen LogP contribution in [0.1, 0.15) is 20.7 Å². The van der Waals surface area contributed by atoms with Crippen molar-refractivity contribution in [3.05, 3.63) is 181 Å². The maximum Gasteiger partial charge on any atom is 0.268 e. The van der Waals surface area contributed by atoms with Gasteiger partial charge in [-0.3, -0.25) is 9.59 Å². The average molecular weight is 617 g/mol. The van der Waals surface area contributed by atoms with E-state index in [0.29, 0.717) is 22.5 Å². The first-order chi connectivity index (χ1) is 23.7. The van der Waals surface area contributed by atoms with Gasteiger partial charge in [-0.1, -0.05) is 133 Å². The lowest BCUT2D eigenvalue weighted by Gasteiger charge is -2.18. The Morgan fingerprint density at radius 2 is 0.938 bits per heavy atom. The van der Waals surface area contributed by atoms with Gasteiger partial charge in [-0.2, -0.15) is 0 Å². The lowest BCUT2D eigenvalue weighted by Crippen LogP contribution is -2.29. The van der Waals surface area contributed by atoms with Crippen LogP contribution in [0.5, 0.6) is 0 Å². The fraction of sp³-hybridized carbons (Fsp3) is 0. The van der Waals surface area contributed by atoms with Gasteiger partial charge >= 0.3 is 0 Å². The van der Waals surface area contributed by atoms with Crippen molar-refractivity contribution < 1.29 is 9.59 Å². The van der Waals surface area contributed by atoms with Crippen LogP contribution >= 0.6 is 0 Å². The van der Waals surface area contributed by atoms with E-state index < -0.39 is 0 Å². The van der Waals surface area contributed by atoms with Crippen molar-refractivity contribution in [2.45, 2.75) is 0 Å². The number of amides is 2. The van der Waals surface area contributed by atoms with E-state index in [1.54, 1.807) is 6.07 Å². The van der Waals surface area contributed by atoms with Crippen molar-refractivity contribution in [2.24, 2.45) is 0 Å². The Kier molecular flexibility index (Phi) is 6.41. The maximum absolute atomic E-state index is 14.7. The van der Waals surface area contributed by atoms with E-state index >= 15 is 0 Å². The second-order valence-corrected chi connectivity index (χ2v) is 12.1. The van der Waals surface area contributed by atoms with Crippen LogP contribution < -0.4 is 4.90 Å². The van der Waals surface area contributed by atoms with E-state index in [-0.39, 0.29) is 11.8 Å². The molecule has 4 nitrogen and oxygen atoms in total. The number of fused-ring (bicyclic) bond motifs is 4. The Hall–Kier alpha value is -6.52. The number of rotatable bonds is 5. The number of para-hydroxylation sites is 2. The second kappa shape index (κ2) is 11.1. The van der Waals surface area contributed by atoms with Gasteiger partial charge in [0.05, 0.1) is 33.5 Å². The zero-order valence-electron chi connectivity index (χ0n) is 25.9. The van der Waals surface area contributed by atoms with Gasteiger partial charge < -0.3 is 4.57 Å². The summed E-state index contributed by atoms with van der Waals surface area (Å²) in [5, 5.41) is 2.17. The summed E-state index contributed by atoms with van der Waals surface area (Å²) in [6, 6.07) is 56.6. The topological polar surface area (TPSA) is 42.3 Å². The van der Waals surface area contributed by atoms with Crippen LogP contribution in [0.25, 0.3) is 60.9 Å². The number of hydrogen-bond donors (Lipinski definition) is 0. The van der Waals surface area contributed by atoms with Crippen LogP contribution in [0.2, 0.25) is 0 Å². The Bertz CT molecular complexity index is 2480. The number of nitrogens with zero attached hydrogens (tertiary/aromatic N) is 2. The highest BCUT2D eigenvalue weighted by Crippen LogP contribution is 2.42. The lowest BCUT2D eigenvalue weighted by atomic mass is 9.97. The molecule has 226 valence electrons. The molecule has 0 saturated heterocycles. The summed E-state index contributed by atoms with van der Waals surface area (Å²) in [5.74, 6) is -0.664. The number of anilines is 1. The van der Waals surface area contributed by atoms with Gasteiger partial charge in [0, 0.05) is 16.3 Å². The molecule has 0 atom stereocenters. The molecule has 9 rings (SSSR count). The summed E-state index contributed by atoms with van der Waals surface area (Å²) in [7, 11) is 0. The molecule has 1 aromatic heterocycles. The molecule has 4 heteroatoms. The molecule has 7 aromatic carbocycles. The Morgan fingerprint density at radius 3 is 1.60 bits per heavy atom. The van der Waals surface area contributed by atoms with E-state index in [2.05, 4.69) is 53.1 Å². The fourth-order valence-corrected chi connectivity index (χ4v) is 7.14. The van der Waals surface area contributed by atoms with Crippen LogP contribution in [0.15, 0.2) is 170 Å². The zero-order chi connectivity index (χ0) is 32.2. The Labute approximate surface area is 277 Å². The summed E-state index contributed by atoms with van der Waals surface area (Å²) in [6.07, 6.45) is 0. The van der Waals surface area contributed by atoms with Gasteiger partial charge in [0.15, 0.2) is 0 Å². The molecule has 8 aromatic rings. The van der Waals surface area contributed by atoms with E-state index in [1.165, 1.54) is 4.90 Å². The average Bonchev–Trinajstić information content (AvgIpc) is 3.63. The highest BCUT2D eigenvalue weighted by Gasteiger charge is 2.40. The first-order valence-corrected chi connectivity index (χ1v) is 16.0. The van der Waals surface area contributed by atoms with E-state index in [4.69, 9.17) is 0 Å². The predicted molar refractivity (Wildman–Crippen MR) is 195 cm³/mol. The van der Waals surface area contributed by atoms with Gasteiger partial charge in [0.25, 0.3) is 11.8 Å². The van der Waals surface area contributed by atoms with E-state index in [9.17, 15) is 9.59 Å². The Morgan fingerprint density at radius 1 is 0.396 bits per heavy atom. The fourth-order valence-electron chi connectivity index (χ4n) is 7.14. The van der Waals surface area contributed by atoms with Gasteiger partial charge in [0.1, 0.15) is 0 Å². The number of carbonyl (C=O) groups is 2. The normalized spacial score (nSPS) is 12.6. The summed E-state index contributed by atoms with van der Waals surface area (Å²) >= 11 is 0. The number of benzene rings is 7. The Balaban J connectivity index is 1.27. The van der Waals surface area contributed by atoms with Gasteiger partial charge in [-0.15, -0.1) is 0 Å². The molecule has 1 aliphatic rings. The molecule has 0 radical (unpaired) electrons. The molecule has 2 amide bonds. The van der Waals surface area contributed by atoms with Crippen molar-refractivity contribution in [3.8, 4) is 39.1 Å². The molecule has 0 bridgehead atoms. The minimum atomic E-state index is -0.335. The van der Waals surface area contributed by atoms with Crippen molar-refractivity contribution in [1.29, 1.82) is 0 Å². The third-order valence-electron chi connectivity index (χ3n) is 9.30. The summed E-state index contributed by atoms with van der Waals surface area (Å²) in [5.41, 5.74) is 10.00. The minimum Gasteiger partial charge on any atom is -0.308 e. The molecular formula is C44H28N2O2. The van der Waals surface area contributed by atoms with Crippen LogP contribution in [-0.2, 0) is 0 Å². The highest BCUT2D eigenvalue weighted by molar-refractivity contribution is 6.36. The smallest absolute Gasteiger partial charge is 0.268 e. The molecule has 0 spiro atoms. The summed E-state index contributed by atoms with van der Waals surface area (Å²) in [4.78, 5) is 30.4. The van der Waals surface area contributed by atoms with Crippen LogP contribution in [0, 0.1) is 0 Å². The molecule has 48 heavy (non-hydrogen) atoms. The molecular weight excluding hydrogens is 588 g/mol.